The van der Waals surface area contributed by atoms with Gasteiger partial charge in [-0.2, -0.15) is 0 Å². The van der Waals surface area contributed by atoms with Crippen LogP contribution in [0, 0.1) is 13.8 Å². The smallest absolute Gasteiger partial charge is 0.488 e. The highest BCUT2D eigenvalue weighted by Crippen LogP contribution is 2.37. The second-order valence-corrected chi connectivity index (χ2v) is 5.09. The Labute approximate surface area is 145 Å². The lowest BCUT2D eigenvalue weighted by Crippen LogP contribution is -2.18. The van der Waals surface area contributed by atoms with Gasteiger partial charge in [0.05, 0.1) is 0 Å². The van der Waals surface area contributed by atoms with Crippen LogP contribution < -0.4 is 15.2 Å². The minimum Gasteiger partial charge on any atom is -0.488 e. The summed E-state index contributed by atoms with van der Waals surface area (Å²) in [6, 6.07) is 10.2. The summed E-state index contributed by atoms with van der Waals surface area (Å²) in [7, 11) is 0. The van der Waals surface area contributed by atoms with Crippen molar-refractivity contribution in [1.29, 1.82) is 0 Å². The zero-order valence-electron chi connectivity index (χ0n) is 13.3. The van der Waals surface area contributed by atoms with Crippen molar-refractivity contribution in [2.75, 3.05) is 13.2 Å². The monoisotopic (exact) mass is 361 g/mol. The van der Waals surface area contributed by atoms with Crippen LogP contribution in [-0.2, 0) is 0 Å². The van der Waals surface area contributed by atoms with Crippen LogP contribution in [0.1, 0.15) is 11.1 Å². The van der Waals surface area contributed by atoms with Crippen molar-refractivity contribution in [2.24, 2.45) is 5.73 Å². The third kappa shape index (κ3) is 5.04. The number of rotatable bonds is 5. The lowest BCUT2D eigenvalue weighted by molar-refractivity contribution is -0.275. The molecule has 0 unspecified atom stereocenters. The third-order valence-electron chi connectivity index (χ3n) is 3.46. The van der Waals surface area contributed by atoms with Crippen LogP contribution in [0.15, 0.2) is 36.4 Å². The summed E-state index contributed by atoms with van der Waals surface area (Å²) in [6.07, 6.45) is -4.79. The molecule has 0 amide bonds. The fourth-order valence-electron chi connectivity index (χ4n) is 2.23. The first-order valence-corrected chi connectivity index (χ1v) is 7.11. The fourth-order valence-corrected chi connectivity index (χ4v) is 2.23. The Morgan fingerprint density at radius 3 is 2.38 bits per heavy atom. The maximum Gasteiger partial charge on any atom is 0.573 e. The summed E-state index contributed by atoms with van der Waals surface area (Å²) in [6.45, 7) is 4.18. The fraction of sp³-hybridized carbons (Fsp3) is 0.294. The minimum atomic E-state index is -4.79. The van der Waals surface area contributed by atoms with E-state index in [0.717, 1.165) is 16.7 Å². The van der Waals surface area contributed by atoms with Crippen LogP contribution >= 0.6 is 12.4 Å². The molecule has 0 aliphatic heterocycles. The molecule has 0 saturated carbocycles. The van der Waals surface area contributed by atoms with E-state index < -0.39 is 6.36 Å². The molecule has 0 radical (unpaired) electrons. The molecule has 0 aromatic heterocycles. The zero-order valence-corrected chi connectivity index (χ0v) is 14.1. The van der Waals surface area contributed by atoms with E-state index in [0.29, 0.717) is 5.56 Å². The molecule has 0 saturated heterocycles. The third-order valence-corrected chi connectivity index (χ3v) is 3.46. The number of halogens is 4. The molecular weight excluding hydrogens is 343 g/mol. The van der Waals surface area contributed by atoms with Crippen molar-refractivity contribution in [3.05, 3.63) is 47.5 Å². The first kappa shape index (κ1) is 20.1. The van der Waals surface area contributed by atoms with Gasteiger partial charge in [-0.05, 0) is 48.2 Å². The maximum absolute atomic E-state index is 12.6. The molecule has 0 atom stereocenters. The van der Waals surface area contributed by atoms with E-state index in [-0.39, 0.29) is 37.1 Å². The molecule has 0 aliphatic rings. The molecule has 0 fully saturated rings. The lowest BCUT2D eigenvalue weighted by Gasteiger charge is -2.16. The molecule has 0 spiro atoms. The van der Waals surface area contributed by atoms with Gasteiger partial charge in [-0.1, -0.05) is 24.3 Å². The number of hydrogen-bond donors (Lipinski definition) is 1. The van der Waals surface area contributed by atoms with Crippen molar-refractivity contribution in [3.8, 4) is 22.6 Å². The standard InChI is InChI=1S/C17H18F3NO2.ClH/c1-11-4-3-5-14(12(11)2)13-6-7-15(22-9-8-21)16(10-13)23-17(18,19)20;/h3-7,10H,8-9,21H2,1-2H3;1H. The van der Waals surface area contributed by atoms with Crippen molar-refractivity contribution < 1.29 is 22.6 Å². The van der Waals surface area contributed by atoms with Gasteiger partial charge in [-0.25, -0.2) is 0 Å². The molecule has 0 bridgehead atoms. The van der Waals surface area contributed by atoms with E-state index in [1.165, 1.54) is 12.1 Å². The maximum atomic E-state index is 12.6. The second kappa shape index (κ2) is 8.26. The van der Waals surface area contributed by atoms with Gasteiger partial charge in [0, 0.05) is 6.54 Å². The van der Waals surface area contributed by atoms with Crippen molar-refractivity contribution in [1.82, 2.24) is 0 Å². The van der Waals surface area contributed by atoms with E-state index in [1.54, 1.807) is 6.07 Å². The van der Waals surface area contributed by atoms with Crippen molar-refractivity contribution in [2.45, 2.75) is 20.2 Å². The molecule has 2 aromatic carbocycles. The molecule has 3 nitrogen and oxygen atoms in total. The van der Waals surface area contributed by atoms with Crippen molar-refractivity contribution >= 4 is 12.4 Å². The Morgan fingerprint density at radius 1 is 1.04 bits per heavy atom. The number of hydrogen-bond acceptors (Lipinski definition) is 3. The van der Waals surface area contributed by atoms with Crippen LogP contribution in [0.3, 0.4) is 0 Å². The molecule has 0 heterocycles. The summed E-state index contributed by atoms with van der Waals surface area (Å²) in [5.74, 6) is -0.355. The molecule has 24 heavy (non-hydrogen) atoms. The Morgan fingerprint density at radius 2 is 1.75 bits per heavy atom. The summed E-state index contributed by atoms with van der Waals surface area (Å²) in [4.78, 5) is 0. The number of alkyl halides is 3. The molecule has 0 aliphatic carbocycles. The summed E-state index contributed by atoms with van der Waals surface area (Å²) in [5.41, 5.74) is 8.86. The Balaban J connectivity index is 0.00000288. The minimum absolute atomic E-state index is 0. The van der Waals surface area contributed by atoms with E-state index in [1.807, 2.05) is 32.0 Å². The van der Waals surface area contributed by atoms with Crippen LogP contribution in [0.5, 0.6) is 11.5 Å². The average molecular weight is 362 g/mol. The van der Waals surface area contributed by atoms with E-state index in [4.69, 9.17) is 10.5 Å². The predicted molar refractivity (Wildman–Crippen MR) is 89.8 cm³/mol. The van der Waals surface area contributed by atoms with Gasteiger partial charge < -0.3 is 15.2 Å². The topological polar surface area (TPSA) is 44.5 Å². The van der Waals surface area contributed by atoms with Gasteiger partial charge in [0.1, 0.15) is 6.61 Å². The first-order chi connectivity index (χ1) is 10.8. The van der Waals surface area contributed by atoms with Gasteiger partial charge in [-0.3, -0.25) is 0 Å². The first-order valence-electron chi connectivity index (χ1n) is 7.11. The van der Waals surface area contributed by atoms with Crippen molar-refractivity contribution in [3.63, 3.8) is 0 Å². The number of benzene rings is 2. The van der Waals surface area contributed by atoms with Gasteiger partial charge in [-0.15, -0.1) is 25.6 Å². The van der Waals surface area contributed by atoms with Crippen LogP contribution in [0.25, 0.3) is 11.1 Å². The molecule has 2 N–H and O–H groups in total. The number of ether oxygens (including phenoxy) is 2. The second-order valence-electron chi connectivity index (χ2n) is 5.09. The van der Waals surface area contributed by atoms with Crippen LogP contribution in [-0.4, -0.2) is 19.5 Å². The summed E-state index contributed by atoms with van der Waals surface area (Å²) >= 11 is 0. The lowest BCUT2D eigenvalue weighted by atomic mass is 9.97. The highest BCUT2D eigenvalue weighted by molar-refractivity contribution is 5.85. The Hall–Kier alpha value is -1.92. The number of aryl methyl sites for hydroxylation is 1. The van der Waals surface area contributed by atoms with Gasteiger partial charge in [0.15, 0.2) is 11.5 Å². The molecule has 2 rings (SSSR count). The largest absolute Gasteiger partial charge is 0.573 e. The van der Waals surface area contributed by atoms with Gasteiger partial charge in [0.25, 0.3) is 0 Å². The average Bonchev–Trinajstić information content (AvgIpc) is 2.47. The van der Waals surface area contributed by atoms with Crippen LogP contribution in [0.4, 0.5) is 13.2 Å². The Bertz CT molecular complexity index is 690. The van der Waals surface area contributed by atoms with Gasteiger partial charge >= 0.3 is 6.36 Å². The molecule has 2 aromatic rings. The predicted octanol–water partition coefficient (Wildman–Crippen LogP) is 4.63. The highest BCUT2D eigenvalue weighted by Gasteiger charge is 2.32. The normalized spacial score (nSPS) is 10.9. The molecule has 7 heteroatoms. The SMILES string of the molecule is Cc1cccc(-c2ccc(OCCN)c(OC(F)(F)F)c2)c1C.Cl. The summed E-state index contributed by atoms with van der Waals surface area (Å²) < 4.78 is 47.2. The van der Waals surface area contributed by atoms with Crippen LogP contribution in [0.2, 0.25) is 0 Å². The zero-order chi connectivity index (χ0) is 17.0. The summed E-state index contributed by atoms with van der Waals surface area (Å²) in [5, 5.41) is 0. The number of nitrogens with two attached hydrogens (primary N) is 1. The van der Waals surface area contributed by atoms with Gasteiger partial charge in [0.2, 0.25) is 0 Å². The van der Waals surface area contributed by atoms with E-state index >= 15 is 0 Å². The highest BCUT2D eigenvalue weighted by atomic mass is 35.5. The molecular formula is C17H19ClF3NO2. The molecule has 132 valence electrons. The van der Waals surface area contributed by atoms with E-state index in [2.05, 4.69) is 4.74 Å². The van der Waals surface area contributed by atoms with E-state index in [9.17, 15) is 13.2 Å². The Kier molecular flexibility index (Phi) is 6.93. The quantitative estimate of drug-likeness (QED) is 0.844.